The summed E-state index contributed by atoms with van der Waals surface area (Å²) in [6, 6.07) is 8.38. The molecule has 2 rings (SSSR count). The van der Waals surface area contributed by atoms with Crippen LogP contribution in [0.4, 0.5) is 13.2 Å². The van der Waals surface area contributed by atoms with Crippen molar-refractivity contribution in [1.82, 2.24) is 0 Å². The summed E-state index contributed by atoms with van der Waals surface area (Å²) in [7, 11) is 0. The Balaban J connectivity index is 2.32. The number of carbonyl (C=O) groups is 1. The quantitative estimate of drug-likeness (QED) is 0.868. The highest BCUT2D eigenvalue weighted by atomic mass is 19.4. The number of para-hydroxylation sites is 1. The molecule has 0 radical (unpaired) electrons. The number of halogens is 3. The highest BCUT2D eigenvalue weighted by Crippen LogP contribution is 2.34. The number of benzene rings is 1. The Labute approximate surface area is 117 Å². The van der Waals surface area contributed by atoms with Gasteiger partial charge in [0.15, 0.2) is 0 Å². The van der Waals surface area contributed by atoms with Crippen molar-refractivity contribution in [2.45, 2.75) is 6.36 Å². The molecule has 7 heteroatoms. The van der Waals surface area contributed by atoms with Gasteiger partial charge in [-0.25, -0.2) is 4.79 Å². The summed E-state index contributed by atoms with van der Waals surface area (Å²) in [5, 5.41) is 8.50. The van der Waals surface area contributed by atoms with Gasteiger partial charge < -0.3 is 14.3 Å². The minimum Gasteiger partial charge on any atom is -0.478 e. The Hall–Kier alpha value is -2.70. The molecule has 0 bridgehead atoms. The van der Waals surface area contributed by atoms with Crippen LogP contribution in [0.3, 0.4) is 0 Å². The number of ether oxygens (including phenoxy) is 1. The number of rotatable bonds is 4. The molecular formula is C14H9F3O4. The molecule has 2 aromatic rings. The highest BCUT2D eigenvalue weighted by Gasteiger charge is 2.32. The highest BCUT2D eigenvalue weighted by molar-refractivity contribution is 5.84. The van der Waals surface area contributed by atoms with Crippen LogP contribution in [0.15, 0.2) is 46.9 Å². The average Bonchev–Trinajstić information content (AvgIpc) is 2.83. The third-order valence-electron chi connectivity index (χ3n) is 2.40. The van der Waals surface area contributed by atoms with Crippen molar-refractivity contribution in [3.05, 3.63) is 48.2 Å². The van der Waals surface area contributed by atoms with Gasteiger partial charge in [-0.3, -0.25) is 0 Å². The minimum atomic E-state index is -4.81. The Morgan fingerprint density at radius 3 is 2.57 bits per heavy atom. The van der Waals surface area contributed by atoms with Crippen molar-refractivity contribution in [1.29, 1.82) is 0 Å². The number of hydrogen-bond donors (Lipinski definition) is 1. The number of hydrogen-bond acceptors (Lipinski definition) is 3. The van der Waals surface area contributed by atoms with Crippen LogP contribution >= 0.6 is 0 Å². The molecule has 0 aliphatic rings. The van der Waals surface area contributed by atoms with E-state index in [1.807, 2.05) is 0 Å². The summed E-state index contributed by atoms with van der Waals surface area (Å²) >= 11 is 0. The van der Waals surface area contributed by atoms with Crippen LogP contribution in [0.1, 0.15) is 5.76 Å². The van der Waals surface area contributed by atoms with Crippen molar-refractivity contribution in [2.75, 3.05) is 0 Å². The maximum Gasteiger partial charge on any atom is 0.573 e. The van der Waals surface area contributed by atoms with E-state index in [4.69, 9.17) is 9.52 Å². The van der Waals surface area contributed by atoms with Crippen molar-refractivity contribution >= 4 is 12.0 Å². The second-order valence-electron chi connectivity index (χ2n) is 3.92. The van der Waals surface area contributed by atoms with Gasteiger partial charge in [-0.05, 0) is 30.3 Å². The number of carboxylic acid groups (broad SMARTS) is 1. The van der Waals surface area contributed by atoms with Crippen molar-refractivity contribution in [3.8, 4) is 17.1 Å². The van der Waals surface area contributed by atoms with E-state index >= 15 is 0 Å². The van der Waals surface area contributed by atoms with Crippen LogP contribution in [-0.2, 0) is 4.79 Å². The molecular weight excluding hydrogens is 289 g/mol. The molecule has 0 unspecified atom stereocenters. The smallest absolute Gasteiger partial charge is 0.478 e. The molecule has 0 fully saturated rings. The molecule has 4 nitrogen and oxygen atoms in total. The zero-order valence-corrected chi connectivity index (χ0v) is 10.4. The minimum absolute atomic E-state index is 0.116. The predicted octanol–water partition coefficient (Wildman–Crippen LogP) is 3.94. The average molecular weight is 298 g/mol. The maximum atomic E-state index is 12.3. The second kappa shape index (κ2) is 5.74. The summed E-state index contributed by atoms with van der Waals surface area (Å²) in [5.74, 6) is -1.21. The van der Waals surface area contributed by atoms with E-state index < -0.39 is 18.1 Å². The number of furan rings is 1. The summed E-state index contributed by atoms with van der Waals surface area (Å²) in [5.41, 5.74) is 0.116. The van der Waals surface area contributed by atoms with E-state index in [9.17, 15) is 18.0 Å². The molecule has 1 aromatic heterocycles. The molecule has 0 amide bonds. The first-order chi connectivity index (χ1) is 9.85. The molecule has 0 aliphatic heterocycles. The Morgan fingerprint density at radius 1 is 1.19 bits per heavy atom. The van der Waals surface area contributed by atoms with Crippen molar-refractivity contribution in [2.24, 2.45) is 0 Å². The van der Waals surface area contributed by atoms with Gasteiger partial charge in [-0.1, -0.05) is 12.1 Å². The van der Waals surface area contributed by atoms with Crippen LogP contribution in [0.5, 0.6) is 5.75 Å². The van der Waals surface area contributed by atoms with E-state index in [1.54, 1.807) is 0 Å². The first-order valence-electron chi connectivity index (χ1n) is 5.71. The van der Waals surface area contributed by atoms with Gasteiger partial charge >= 0.3 is 12.3 Å². The predicted molar refractivity (Wildman–Crippen MR) is 67.5 cm³/mol. The molecule has 0 atom stereocenters. The first-order valence-corrected chi connectivity index (χ1v) is 5.71. The number of carboxylic acids is 1. The van der Waals surface area contributed by atoms with Crippen LogP contribution in [-0.4, -0.2) is 17.4 Å². The molecule has 1 heterocycles. The lowest BCUT2D eigenvalue weighted by Crippen LogP contribution is -2.17. The van der Waals surface area contributed by atoms with E-state index in [-0.39, 0.29) is 17.1 Å². The van der Waals surface area contributed by atoms with Crippen molar-refractivity contribution in [3.63, 3.8) is 0 Å². The Kier molecular flexibility index (Phi) is 4.02. The van der Waals surface area contributed by atoms with Crippen LogP contribution in [0.25, 0.3) is 17.4 Å². The molecule has 110 valence electrons. The summed E-state index contributed by atoms with van der Waals surface area (Å²) in [6.45, 7) is 0. The largest absolute Gasteiger partial charge is 0.573 e. The summed E-state index contributed by atoms with van der Waals surface area (Å²) in [4.78, 5) is 10.4. The number of aliphatic carboxylic acids is 1. The van der Waals surface area contributed by atoms with Gasteiger partial charge in [-0.2, -0.15) is 0 Å². The maximum absolute atomic E-state index is 12.3. The fourth-order valence-electron chi connectivity index (χ4n) is 1.62. The van der Waals surface area contributed by atoms with Gasteiger partial charge in [0, 0.05) is 6.08 Å². The molecule has 1 aromatic carbocycles. The SMILES string of the molecule is O=C(O)C=Cc1ccc(-c2ccccc2OC(F)(F)F)o1. The lowest BCUT2D eigenvalue weighted by Gasteiger charge is -2.11. The standard InChI is InChI=1S/C14H9F3O4/c15-14(16,17)21-12-4-2-1-3-10(12)11-7-5-9(20-11)6-8-13(18)19/h1-8H,(H,18,19). The Bertz CT molecular complexity index is 671. The molecule has 0 aliphatic carbocycles. The van der Waals surface area contributed by atoms with Crippen LogP contribution < -0.4 is 4.74 Å². The van der Waals surface area contributed by atoms with E-state index in [0.717, 1.165) is 12.1 Å². The van der Waals surface area contributed by atoms with Gasteiger partial charge in [0.05, 0.1) is 5.56 Å². The van der Waals surface area contributed by atoms with E-state index in [0.29, 0.717) is 0 Å². The van der Waals surface area contributed by atoms with E-state index in [2.05, 4.69) is 4.74 Å². The molecule has 1 N–H and O–H groups in total. The van der Waals surface area contributed by atoms with Gasteiger partial charge in [0.25, 0.3) is 0 Å². The van der Waals surface area contributed by atoms with Gasteiger partial charge in [0.1, 0.15) is 17.3 Å². The molecule has 0 saturated heterocycles. The number of alkyl halides is 3. The third kappa shape index (κ3) is 4.13. The van der Waals surface area contributed by atoms with Crippen LogP contribution in [0.2, 0.25) is 0 Å². The fraction of sp³-hybridized carbons (Fsp3) is 0.0714. The third-order valence-corrected chi connectivity index (χ3v) is 2.40. The van der Waals surface area contributed by atoms with E-state index in [1.165, 1.54) is 36.4 Å². The fourth-order valence-corrected chi connectivity index (χ4v) is 1.62. The monoisotopic (exact) mass is 298 g/mol. The zero-order valence-electron chi connectivity index (χ0n) is 10.4. The lowest BCUT2D eigenvalue weighted by atomic mass is 10.1. The normalized spacial score (nSPS) is 11.8. The van der Waals surface area contributed by atoms with Gasteiger partial charge in [-0.15, -0.1) is 13.2 Å². The molecule has 21 heavy (non-hydrogen) atoms. The summed E-state index contributed by atoms with van der Waals surface area (Å²) in [6.07, 6.45) is -2.76. The lowest BCUT2D eigenvalue weighted by molar-refractivity contribution is -0.274. The topological polar surface area (TPSA) is 59.7 Å². The van der Waals surface area contributed by atoms with Crippen molar-refractivity contribution < 1.29 is 32.2 Å². The van der Waals surface area contributed by atoms with Gasteiger partial charge in [0.2, 0.25) is 0 Å². The summed E-state index contributed by atoms with van der Waals surface area (Å²) < 4.78 is 46.2. The Morgan fingerprint density at radius 2 is 1.90 bits per heavy atom. The molecule has 0 saturated carbocycles. The zero-order chi connectivity index (χ0) is 15.5. The second-order valence-corrected chi connectivity index (χ2v) is 3.92. The first kappa shape index (κ1) is 14.7. The molecule has 0 spiro atoms. The van der Waals surface area contributed by atoms with Crippen LogP contribution in [0, 0.1) is 0 Å².